The molecule has 1 aliphatic carbocycles. The van der Waals surface area contributed by atoms with Crippen molar-refractivity contribution in [2.24, 2.45) is 0 Å². The summed E-state index contributed by atoms with van der Waals surface area (Å²) in [5.74, 6) is 0.0839. The average molecular weight is 404 g/mol. The van der Waals surface area contributed by atoms with Gasteiger partial charge in [-0.05, 0) is 38.3 Å². The first-order valence-corrected chi connectivity index (χ1v) is 12.2. The quantitative estimate of drug-likeness (QED) is 0.633. The van der Waals surface area contributed by atoms with E-state index in [4.69, 9.17) is 0 Å². The van der Waals surface area contributed by atoms with Crippen LogP contribution < -0.4 is 0 Å². The molecule has 1 saturated carbocycles. The van der Waals surface area contributed by atoms with Crippen molar-refractivity contribution in [1.82, 2.24) is 14.5 Å². The summed E-state index contributed by atoms with van der Waals surface area (Å²) in [6.07, 6.45) is 9.99. The predicted molar refractivity (Wildman–Crippen MR) is 113 cm³/mol. The minimum absolute atomic E-state index is 0.0839. The highest BCUT2D eigenvalue weighted by Crippen LogP contribution is 2.24. The van der Waals surface area contributed by atoms with Crippen molar-refractivity contribution < 1.29 is 8.42 Å². The van der Waals surface area contributed by atoms with E-state index in [1.54, 1.807) is 13.1 Å². The highest BCUT2D eigenvalue weighted by molar-refractivity contribution is 7.91. The molecule has 1 aliphatic rings. The SMILES string of the molecule is CCS(=O)(=O)c1ncc(CN(C)C2CCCCC2)n1CCCc1ccccc1. The zero-order chi connectivity index (χ0) is 20.0. The number of aromatic nitrogens is 2. The second-order valence-electron chi connectivity index (χ2n) is 7.88. The highest BCUT2D eigenvalue weighted by atomic mass is 32.2. The van der Waals surface area contributed by atoms with Crippen LogP contribution in [0.5, 0.6) is 0 Å². The first-order chi connectivity index (χ1) is 13.5. The van der Waals surface area contributed by atoms with Crippen LogP contribution in [0, 0.1) is 0 Å². The molecule has 0 N–H and O–H groups in total. The van der Waals surface area contributed by atoms with Gasteiger partial charge in [-0.3, -0.25) is 4.90 Å². The number of imidazole rings is 1. The van der Waals surface area contributed by atoms with E-state index in [2.05, 4.69) is 29.1 Å². The number of hydrogen-bond donors (Lipinski definition) is 0. The molecule has 0 atom stereocenters. The molecule has 6 heteroatoms. The second-order valence-corrected chi connectivity index (χ2v) is 10.1. The molecule has 154 valence electrons. The molecule has 0 unspecified atom stereocenters. The van der Waals surface area contributed by atoms with Crippen molar-refractivity contribution >= 4 is 9.84 Å². The summed E-state index contributed by atoms with van der Waals surface area (Å²) in [5.41, 5.74) is 2.29. The molecule has 28 heavy (non-hydrogen) atoms. The van der Waals surface area contributed by atoms with Crippen molar-refractivity contribution in [2.45, 2.75) is 76.2 Å². The van der Waals surface area contributed by atoms with Gasteiger partial charge in [-0.1, -0.05) is 56.5 Å². The maximum atomic E-state index is 12.6. The lowest BCUT2D eigenvalue weighted by Crippen LogP contribution is -2.33. The number of sulfone groups is 1. The normalized spacial score (nSPS) is 16.0. The van der Waals surface area contributed by atoms with E-state index < -0.39 is 9.84 Å². The summed E-state index contributed by atoms with van der Waals surface area (Å²) < 4.78 is 27.1. The van der Waals surface area contributed by atoms with Gasteiger partial charge < -0.3 is 4.57 Å². The van der Waals surface area contributed by atoms with E-state index in [9.17, 15) is 8.42 Å². The van der Waals surface area contributed by atoms with E-state index in [1.807, 2.05) is 22.8 Å². The molecule has 0 spiro atoms. The van der Waals surface area contributed by atoms with Crippen LogP contribution >= 0.6 is 0 Å². The van der Waals surface area contributed by atoms with Crippen LogP contribution in [-0.4, -0.2) is 41.7 Å². The van der Waals surface area contributed by atoms with Gasteiger partial charge in [0.1, 0.15) is 0 Å². The van der Waals surface area contributed by atoms with Gasteiger partial charge in [0.05, 0.1) is 17.6 Å². The van der Waals surface area contributed by atoms with Gasteiger partial charge >= 0.3 is 0 Å². The fourth-order valence-electron chi connectivity index (χ4n) is 4.13. The Kier molecular flexibility index (Phi) is 7.30. The first-order valence-electron chi connectivity index (χ1n) is 10.5. The van der Waals surface area contributed by atoms with Crippen molar-refractivity contribution in [2.75, 3.05) is 12.8 Å². The van der Waals surface area contributed by atoms with E-state index >= 15 is 0 Å². The molecule has 0 saturated heterocycles. The van der Waals surface area contributed by atoms with Gasteiger partial charge in [0, 0.05) is 19.1 Å². The van der Waals surface area contributed by atoms with Crippen LogP contribution in [0.15, 0.2) is 41.7 Å². The Balaban J connectivity index is 1.75. The Morgan fingerprint density at radius 3 is 2.54 bits per heavy atom. The van der Waals surface area contributed by atoms with Gasteiger partial charge in [-0.15, -0.1) is 0 Å². The summed E-state index contributed by atoms with van der Waals surface area (Å²) in [4.78, 5) is 6.71. The molecule has 0 amide bonds. The summed E-state index contributed by atoms with van der Waals surface area (Å²) in [6, 6.07) is 10.9. The fourth-order valence-corrected chi connectivity index (χ4v) is 5.14. The Morgan fingerprint density at radius 2 is 1.86 bits per heavy atom. The Hall–Kier alpha value is -1.66. The summed E-state index contributed by atoms with van der Waals surface area (Å²) in [7, 11) is -1.17. The smallest absolute Gasteiger partial charge is 0.227 e. The summed E-state index contributed by atoms with van der Waals surface area (Å²) in [5, 5.41) is 0.232. The molecule has 0 aliphatic heterocycles. The van der Waals surface area contributed by atoms with Gasteiger partial charge in [-0.2, -0.15) is 0 Å². The van der Waals surface area contributed by atoms with E-state index in [1.165, 1.54) is 37.7 Å². The molecule has 0 bridgehead atoms. The van der Waals surface area contributed by atoms with Crippen LogP contribution in [0.25, 0.3) is 0 Å². The molecule has 5 nitrogen and oxygen atoms in total. The van der Waals surface area contributed by atoms with E-state index in [0.717, 1.165) is 25.1 Å². The predicted octanol–water partition coefficient (Wildman–Crippen LogP) is 4.07. The molecule has 1 aromatic carbocycles. The lowest BCUT2D eigenvalue weighted by molar-refractivity contribution is 0.180. The van der Waals surface area contributed by atoms with Gasteiger partial charge in [0.15, 0.2) is 0 Å². The average Bonchev–Trinajstić information content (AvgIpc) is 3.12. The monoisotopic (exact) mass is 403 g/mol. The number of benzene rings is 1. The third-order valence-electron chi connectivity index (χ3n) is 5.86. The molecule has 1 aromatic heterocycles. The minimum Gasteiger partial charge on any atom is -0.318 e. The molecule has 1 heterocycles. The third-order valence-corrected chi connectivity index (χ3v) is 7.50. The van der Waals surface area contributed by atoms with Gasteiger partial charge in [-0.25, -0.2) is 13.4 Å². The van der Waals surface area contributed by atoms with Crippen LogP contribution in [0.4, 0.5) is 0 Å². The topological polar surface area (TPSA) is 55.2 Å². The first kappa shape index (κ1) is 21.1. The zero-order valence-electron chi connectivity index (χ0n) is 17.2. The van der Waals surface area contributed by atoms with Crippen molar-refractivity contribution in [3.63, 3.8) is 0 Å². The number of rotatable bonds is 9. The van der Waals surface area contributed by atoms with Gasteiger partial charge in [0.25, 0.3) is 0 Å². The molecule has 0 radical (unpaired) electrons. The molecule has 3 rings (SSSR count). The maximum Gasteiger partial charge on any atom is 0.227 e. The van der Waals surface area contributed by atoms with Crippen LogP contribution in [0.3, 0.4) is 0 Å². The molecular formula is C22H33N3O2S. The van der Waals surface area contributed by atoms with Crippen LogP contribution in [0.1, 0.15) is 56.7 Å². The largest absolute Gasteiger partial charge is 0.318 e. The van der Waals surface area contributed by atoms with Gasteiger partial charge in [0.2, 0.25) is 15.0 Å². The Labute approximate surface area is 169 Å². The Morgan fingerprint density at radius 1 is 1.14 bits per heavy atom. The molecular weight excluding hydrogens is 370 g/mol. The van der Waals surface area contributed by atoms with Crippen LogP contribution in [-0.2, 0) is 29.3 Å². The highest BCUT2D eigenvalue weighted by Gasteiger charge is 2.24. The lowest BCUT2D eigenvalue weighted by Gasteiger charge is -2.31. The number of hydrogen-bond acceptors (Lipinski definition) is 4. The fraction of sp³-hybridized carbons (Fsp3) is 0.591. The lowest BCUT2D eigenvalue weighted by atomic mass is 9.94. The minimum atomic E-state index is -3.33. The molecule has 1 fully saturated rings. The zero-order valence-corrected chi connectivity index (χ0v) is 18.0. The number of nitrogens with zero attached hydrogens (tertiary/aromatic N) is 3. The van der Waals surface area contributed by atoms with Crippen molar-refractivity contribution in [1.29, 1.82) is 0 Å². The maximum absolute atomic E-state index is 12.6. The summed E-state index contributed by atoms with van der Waals surface area (Å²) in [6.45, 7) is 3.12. The third kappa shape index (κ3) is 5.23. The number of aryl methyl sites for hydroxylation is 1. The van der Waals surface area contributed by atoms with E-state index in [0.29, 0.717) is 12.6 Å². The second kappa shape index (κ2) is 9.70. The summed E-state index contributed by atoms with van der Waals surface area (Å²) >= 11 is 0. The molecule has 2 aromatic rings. The van der Waals surface area contributed by atoms with Crippen molar-refractivity contribution in [3.05, 3.63) is 47.8 Å². The van der Waals surface area contributed by atoms with Crippen molar-refractivity contribution in [3.8, 4) is 0 Å². The Bertz CT molecular complexity index is 840. The van der Waals surface area contributed by atoms with E-state index in [-0.39, 0.29) is 10.9 Å². The standard InChI is InChI=1S/C22H33N3O2S/c1-3-28(26,27)22-23-17-21(18-24(2)20-14-8-5-9-15-20)25(22)16-10-13-19-11-6-4-7-12-19/h4,6-7,11-12,17,20H,3,5,8-10,13-16,18H2,1-2H3. The van der Waals surface area contributed by atoms with Crippen LogP contribution in [0.2, 0.25) is 0 Å².